The molecular weight excluding hydrogens is 437 g/mol. The first-order valence-electron chi connectivity index (χ1n) is 10.5. The molecule has 0 spiro atoms. The summed E-state index contributed by atoms with van der Waals surface area (Å²) < 4.78 is 15.5. The normalized spacial score (nSPS) is 11.0. The van der Waals surface area contributed by atoms with Gasteiger partial charge in [-0.3, -0.25) is 14.2 Å². The molecule has 1 heterocycles. The maximum Gasteiger partial charge on any atom is 0.266 e. The molecule has 1 aromatic heterocycles. The van der Waals surface area contributed by atoms with Crippen LogP contribution in [0, 0.1) is 19.7 Å². The van der Waals surface area contributed by atoms with Crippen molar-refractivity contribution in [3.63, 3.8) is 0 Å². The number of carbonyl (C=O) groups excluding carboxylic acids is 1. The van der Waals surface area contributed by atoms with Gasteiger partial charge >= 0.3 is 0 Å². The van der Waals surface area contributed by atoms with Crippen molar-refractivity contribution in [2.24, 2.45) is 0 Å². The number of para-hydroxylation sites is 1. The molecule has 0 aliphatic carbocycles. The third kappa shape index (κ3) is 4.83. The lowest BCUT2D eigenvalue weighted by atomic mass is 10.1. The largest absolute Gasteiger partial charge is 0.341 e. The molecule has 0 fully saturated rings. The van der Waals surface area contributed by atoms with E-state index in [4.69, 9.17) is 4.98 Å². The van der Waals surface area contributed by atoms with E-state index in [1.165, 1.54) is 22.7 Å². The Balaban J connectivity index is 1.66. The molecule has 0 saturated carbocycles. The fraction of sp³-hybridized carbons (Fsp3) is 0.192. The van der Waals surface area contributed by atoms with E-state index in [2.05, 4.69) is 0 Å². The maximum absolute atomic E-state index is 14.0. The number of hydrogen-bond donors (Lipinski definition) is 0. The number of nitrogens with zero attached hydrogens (tertiary/aromatic N) is 3. The summed E-state index contributed by atoms with van der Waals surface area (Å²) in [6, 6.07) is 19.5. The first kappa shape index (κ1) is 22.7. The molecule has 7 heteroatoms. The van der Waals surface area contributed by atoms with Crippen molar-refractivity contribution in [1.29, 1.82) is 0 Å². The molecule has 0 unspecified atom stereocenters. The fourth-order valence-electron chi connectivity index (χ4n) is 3.68. The number of thioether (sulfide) groups is 1. The summed E-state index contributed by atoms with van der Waals surface area (Å²) in [4.78, 5) is 32.4. The SMILES string of the molecule is Cc1ccc(-n2c(SCC(=O)N(C)Cc3ccccc3F)nc3ccccc3c2=O)c(C)c1. The van der Waals surface area contributed by atoms with Gasteiger partial charge < -0.3 is 4.90 Å². The third-order valence-corrected chi connectivity index (χ3v) is 6.38. The van der Waals surface area contributed by atoms with E-state index in [1.54, 1.807) is 41.9 Å². The zero-order valence-electron chi connectivity index (χ0n) is 18.7. The van der Waals surface area contributed by atoms with E-state index in [1.807, 2.05) is 44.2 Å². The lowest BCUT2D eigenvalue weighted by Crippen LogP contribution is -2.29. The molecular formula is C26H24FN3O2S. The summed E-state index contributed by atoms with van der Waals surface area (Å²) in [6.07, 6.45) is 0. The molecule has 4 aromatic rings. The lowest BCUT2D eigenvalue weighted by Gasteiger charge is -2.19. The molecule has 0 N–H and O–H groups in total. The van der Waals surface area contributed by atoms with Crippen molar-refractivity contribution >= 4 is 28.6 Å². The summed E-state index contributed by atoms with van der Waals surface area (Å²) >= 11 is 1.20. The zero-order valence-corrected chi connectivity index (χ0v) is 19.5. The van der Waals surface area contributed by atoms with Gasteiger partial charge in [-0.05, 0) is 43.7 Å². The molecule has 0 aliphatic heterocycles. The minimum Gasteiger partial charge on any atom is -0.341 e. The Morgan fingerprint density at radius 1 is 1.06 bits per heavy atom. The number of carbonyl (C=O) groups is 1. The van der Waals surface area contributed by atoms with Crippen LogP contribution in [0.4, 0.5) is 4.39 Å². The molecule has 4 rings (SSSR count). The Hall–Kier alpha value is -3.45. The summed E-state index contributed by atoms with van der Waals surface area (Å²) in [6.45, 7) is 4.12. The molecule has 5 nitrogen and oxygen atoms in total. The van der Waals surface area contributed by atoms with Crippen molar-refractivity contribution in [3.8, 4) is 5.69 Å². The Bertz CT molecular complexity index is 1400. The molecule has 3 aromatic carbocycles. The van der Waals surface area contributed by atoms with Crippen molar-refractivity contribution < 1.29 is 9.18 Å². The van der Waals surface area contributed by atoms with Crippen molar-refractivity contribution in [2.75, 3.05) is 12.8 Å². The number of hydrogen-bond acceptors (Lipinski definition) is 4. The minimum atomic E-state index is -0.343. The molecule has 0 aliphatic rings. The summed E-state index contributed by atoms with van der Waals surface area (Å²) in [5, 5.41) is 0.961. The quantitative estimate of drug-likeness (QED) is 0.303. The Morgan fingerprint density at radius 3 is 2.55 bits per heavy atom. The van der Waals surface area contributed by atoms with Gasteiger partial charge in [0.05, 0.1) is 22.3 Å². The standard InChI is InChI=1S/C26H24FN3O2S/c1-17-12-13-23(18(2)14-17)30-25(32)20-9-5-7-11-22(20)28-26(30)33-16-24(31)29(3)15-19-8-4-6-10-21(19)27/h4-14H,15-16H2,1-3H3. The second-order valence-corrected chi connectivity index (χ2v) is 8.91. The first-order valence-corrected chi connectivity index (χ1v) is 11.5. The van der Waals surface area contributed by atoms with E-state index in [-0.39, 0.29) is 29.6 Å². The third-order valence-electron chi connectivity index (χ3n) is 5.45. The Morgan fingerprint density at radius 2 is 1.79 bits per heavy atom. The number of aryl methyl sites for hydroxylation is 2. The van der Waals surface area contributed by atoms with Crippen LogP contribution in [0.5, 0.6) is 0 Å². The predicted molar refractivity (Wildman–Crippen MR) is 130 cm³/mol. The molecule has 33 heavy (non-hydrogen) atoms. The van der Waals surface area contributed by atoms with E-state index in [9.17, 15) is 14.0 Å². The second kappa shape index (κ2) is 9.58. The average molecular weight is 462 g/mol. The minimum absolute atomic E-state index is 0.0701. The van der Waals surface area contributed by atoms with Crippen LogP contribution in [0.1, 0.15) is 16.7 Å². The molecule has 0 radical (unpaired) electrons. The number of amides is 1. The lowest BCUT2D eigenvalue weighted by molar-refractivity contribution is -0.127. The van der Waals surface area contributed by atoms with Gasteiger partial charge in [0.2, 0.25) is 5.91 Å². The summed E-state index contributed by atoms with van der Waals surface area (Å²) in [5.41, 5.74) is 3.63. The zero-order chi connectivity index (χ0) is 23.5. The van der Waals surface area contributed by atoms with Gasteiger partial charge in [0.1, 0.15) is 5.82 Å². The van der Waals surface area contributed by atoms with Gasteiger partial charge in [0.15, 0.2) is 5.16 Å². The predicted octanol–water partition coefficient (Wildman–Crippen LogP) is 4.89. The van der Waals surface area contributed by atoms with Crippen LogP contribution < -0.4 is 5.56 Å². The highest BCUT2D eigenvalue weighted by Crippen LogP contribution is 2.24. The van der Waals surface area contributed by atoms with Gasteiger partial charge in [0, 0.05) is 19.2 Å². The van der Waals surface area contributed by atoms with Crippen molar-refractivity contribution in [3.05, 3.63) is 99.6 Å². The van der Waals surface area contributed by atoms with Crippen LogP contribution in [0.2, 0.25) is 0 Å². The van der Waals surface area contributed by atoms with E-state index in [0.717, 1.165) is 16.8 Å². The van der Waals surface area contributed by atoms with E-state index in [0.29, 0.717) is 21.6 Å². The number of halogens is 1. The van der Waals surface area contributed by atoms with E-state index < -0.39 is 0 Å². The number of aromatic nitrogens is 2. The van der Waals surface area contributed by atoms with Gasteiger partial charge in [-0.2, -0.15) is 0 Å². The number of benzene rings is 3. The van der Waals surface area contributed by atoms with Crippen LogP contribution in [0.25, 0.3) is 16.6 Å². The van der Waals surface area contributed by atoms with Gasteiger partial charge in [-0.1, -0.05) is 59.8 Å². The van der Waals surface area contributed by atoms with Crippen LogP contribution >= 0.6 is 11.8 Å². The maximum atomic E-state index is 14.0. The first-order chi connectivity index (χ1) is 15.8. The molecule has 168 valence electrons. The molecule has 1 amide bonds. The highest BCUT2D eigenvalue weighted by atomic mass is 32.2. The van der Waals surface area contributed by atoms with Gasteiger partial charge in [-0.15, -0.1) is 0 Å². The van der Waals surface area contributed by atoms with E-state index >= 15 is 0 Å². The van der Waals surface area contributed by atoms with Crippen molar-refractivity contribution in [2.45, 2.75) is 25.5 Å². The second-order valence-electron chi connectivity index (χ2n) is 7.97. The van der Waals surface area contributed by atoms with Crippen LogP contribution in [0.3, 0.4) is 0 Å². The number of rotatable bonds is 6. The topological polar surface area (TPSA) is 55.2 Å². The number of fused-ring (bicyclic) bond motifs is 1. The monoisotopic (exact) mass is 461 g/mol. The smallest absolute Gasteiger partial charge is 0.266 e. The fourth-order valence-corrected chi connectivity index (χ4v) is 4.63. The van der Waals surface area contributed by atoms with Crippen molar-refractivity contribution in [1.82, 2.24) is 14.5 Å². The van der Waals surface area contributed by atoms with Crippen LogP contribution in [-0.4, -0.2) is 33.2 Å². The highest BCUT2D eigenvalue weighted by molar-refractivity contribution is 7.99. The Labute approximate surface area is 195 Å². The summed E-state index contributed by atoms with van der Waals surface area (Å²) in [5.74, 6) is -0.455. The van der Waals surface area contributed by atoms with Crippen LogP contribution in [0.15, 0.2) is 76.7 Å². The molecule has 0 bridgehead atoms. The van der Waals surface area contributed by atoms with Gasteiger partial charge in [-0.25, -0.2) is 9.37 Å². The summed E-state index contributed by atoms with van der Waals surface area (Å²) in [7, 11) is 1.64. The highest BCUT2D eigenvalue weighted by Gasteiger charge is 2.18. The van der Waals surface area contributed by atoms with Gasteiger partial charge in [0.25, 0.3) is 5.56 Å². The molecule has 0 saturated heterocycles. The Kier molecular flexibility index (Phi) is 6.60. The average Bonchev–Trinajstić information content (AvgIpc) is 2.80. The molecule has 0 atom stereocenters. The van der Waals surface area contributed by atoms with Crippen LogP contribution in [-0.2, 0) is 11.3 Å².